The van der Waals surface area contributed by atoms with E-state index in [-0.39, 0.29) is 67.1 Å². The molecule has 1 aliphatic rings. The van der Waals surface area contributed by atoms with Crippen LogP contribution in [0.3, 0.4) is 0 Å². The molecule has 4 aromatic rings. The van der Waals surface area contributed by atoms with E-state index in [1.165, 1.54) is 74.5 Å². The molecule has 8 atom stereocenters. The quantitative estimate of drug-likeness (QED) is 0.0355. The maximum atomic E-state index is 15.0. The van der Waals surface area contributed by atoms with E-state index in [0.29, 0.717) is 53.1 Å². The van der Waals surface area contributed by atoms with Gasteiger partial charge < -0.3 is 63.8 Å². The van der Waals surface area contributed by atoms with E-state index in [1.54, 1.807) is 43.4 Å². The van der Waals surface area contributed by atoms with E-state index in [0.717, 1.165) is 34.4 Å². The molecule has 1 aliphatic heterocycles. The molecule has 85 heavy (non-hydrogen) atoms. The van der Waals surface area contributed by atoms with Gasteiger partial charge in [0.15, 0.2) is 5.78 Å². The molecular formula is C60H77ClN10O12S2. The molecule has 0 aromatic heterocycles. The first-order valence-corrected chi connectivity index (χ1v) is 31.0. The summed E-state index contributed by atoms with van der Waals surface area (Å²) in [4.78, 5) is 140. The number of phenols is 2. The van der Waals surface area contributed by atoms with Crippen LogP contribution < -0.4 is 53.6 Å². The monoisotopic (exact) mass is 1230 g/mol. The Balaban J connectivity index is 1.59. The summed E-state index contributed by atoms with van der Waals surface area (Å²) in [5.74, 6) is -7.79. The van der Waals surface area contributed by atoms with Gasteiger partial charge in [-0.25, -0.2) is 0 Å². The minimum atomic E-state index is -1.49. The number of halogens is 1. The van der Waals surface area contributed by atoms with Crippen molar-refractivity contribution < 1.29 is 58.2 Å². The molecule has 1 heterocycles. The topological polar surface area (TPSA) is 345 Å². The van der Waals surface area contributed by atoms with Gasteiger partial charge >= 0.3 is 0 Å². The van der Waals surface area contributed by atoms with E-state index < -0.39 is 107 Å². The van der Waals surface area contributed by atoms with Crippen LogP contribution in [-0.4, -0.2) is 143 Å². The first-order chi connectivity index (χ1) is 40.6. The molecule has 13 N–H and O–H groups in total. The summed E-state index contributed by atoms with van der Waals surface area (Å²) in [6, 6.07) is 13.7. The number of phenolic OH excluding ortho intramolecular Hbond substituents is 2. The van der Waals surface area contributed by atoms with E-state index in [4.69, 9.17) is 17.3 Å². The minimum Gasteiger partial charge on any atom is -0.508 e. The Morgan fingerprint density at radius 1 is 0.624 bits per heavy atom. The lowest BCUT2D eigenvalue weighted by atomic mass is 10.0. The lowest BCUT2D eigenvalue weighted by Gasteiger charge is -2.28. The first-order valence-electron chi connectivity index (χ1n) is 28.1. The van der Waals surface area contributed by atoms with Crippen LogP contribution in [-0.2, 0) is 68.8 Å². The van der Waals surface area contributed by atoms with Gasteiger partial charge in [-0.3, -0.25) is 47.9 Å². The fraction of sp³-hybridized carbons (Fsp3) is 0.433. The van der Waals surface area contributed by atoms with Crippen LogP contribution in [0.25, 0.3) is 0 Å². The van der Waals surface area contributed by atoms with Crippen molar-refractivity contribution in [3.63, 3.8) is 0 Å². The molecule has 0 aliphatic carbocycles. The maximum Gasteiger partial charge on any atom is 0.248 e. The van der Waals surface area contributed by atoms with Gasteiger partial charge in [-0.2, -0.15) is 0 Å². The summed E-state index contributed by atoms with van der Waals surface area (Å²) in [5.41, 5.74) is 7.84. The highest BCUT2D eigenvalue weighted by Crippen LogP contribution is 2.25. The second-order valence-corrected chi connectivity index (χ2v) is 23.8. The van der Waals surface area contributed by atoms with Gasteiger partial charge in [-0.15, -0.1) is 0 Å². The predicted molar refractivity (Wildman–Crippen MR) is 326 cm³/mol. The third-order valence-electron chi connectivity index (χ3n) is 13.9. The fourth-order valence-corrected chi connectivity index (χ4v) is 11.4. The number of hydrogen-bond acceptors (Lipinski definition) is 15. The Morgan fingerprint density at radius 3 is 1.71 bits per heavy atom. The van der Waals surface area contributed by atoms with Gasteiger partial charge in [-0.05, 0) is 130 Å². The summed E-state index contributed by atoms with van der Waals surface area (Å²) in [7, 11) is 3.78. The van der Waals surface area contributed by atoms with Crippen LogP contribution in [0.5, 0.6) is 11.5 Å². The normalized spacial score (nSPS) is 19.9. The van der Waals surface area contributed by atoms with Crippen molar-refractivity contribution >= 4 is 92.1 Å². The smallest absolute Gasteiger partial charge is 0.248 e. The lowest BCUT2D eigenvalue weighted by molar-refractivity contribution is -0.135. The van der Waals surface area contributed by atoms with Crippen molar-refractivity contribution in [3.05, 3.63) is 130 Å². The number of benzene rings is 4. The molecule has 5 rings (SSSR count). The van der Waals surface area contributed by atoms with Gasteiger partial charge in [0.1, 0.15) is 53.8 Å². The number of Topliss-reactive ketones (excluding diaryl/α,β-unsaturated/α-hetero) is 1. The maximum absolute atomic E-state index is 15.0. The first kappa shape index (κ1) is 68.1. The fourth-order valence-electron chi connectivity index (χ4n) is 8.91. The molecule has 0 radical (unpaired) electrons. The molecule has 1 fully saturated rings. The summed E-state index contributed by atoms with van der Waals surface area (Å²) in [6.45, 7) is 5.22. The van der Waals surface area contributed by atoms with Gasteiger partial charge in [0, 0.05) is 47.8 Å². The molecule has 0 bridgehead atoms. The molecule has 25 heteroatoms. The summed E-state index contributed by atoms with van der Waals surface area (Å²) < 4.78 is 0. The van der Waals surface area contributed by atoms with E-state index in [1.807, 2.05) is 6.92 Å². The van der Waals surface area contributed by atoms with Crippen molar-refractivity contribution in [2.75, 3.05) is 25.1 Å². The summed E-state index contributed by atoms with van der Waals surface area (Å²) in [6.07, 6.45) is 2.94. The van der Waals surface area contributed by atoms with Crippen LogP contribution >= 0.6 is 33.2 Å². The molecule has 0 spiro atoms. The predicted octanol–water partition coefficient (Wildman–Crippen LogP) is 2.97. The Kier molecular flexibility index (Phi) is 28.0. The highest BCUT2D eigenvalue weighted by Gasteiger charge is 2.35. The average molecular weight is 1230 g/mol. The number of carbonyl (C=O) groups excluding carboxylic acids is 10. The Bertz CT molecular complexity index is 2920. The third kappa shape index (κ3) is 23.4. The van der Waals surface area contributed by atoms with Crippen LogP contribution in [0.15, 0.2) is 97.1 Å². The number of rotatable bonds is 24. The zero-order chi connectivity index (χ0) is 62.0. The van der Waals surface area contributed by atoms with Crippen LogP contribution in [0, 0.1) is 0 Å². The Morgan fingerprint density at radius 2 is 1.14 bits per heavy atom. The van der Waals surface area contributed by atoms with Crippen molar-refractivity contribution in [1.82, 2.24) is 47.9 Å². The number of nitrogens with one attached hydrogen (secondary N) is 9. The molecule has 458 valence electrons. The van der Waals surface area contributed by atoms with Crippen LogP contribution in [0.1, 0.15) is 98.3 Å². The zero-order valence-electron chi connectivity index (χ0n) is 48.0. The molecular weight excluding hydrogens is 1150 g/mol. The molecule has 1 saturated heterocycles. The number of carbonyl (C=O) groups is 10. The SMILES string of the molecule is CCCCCC(=O)N[C@@H](Cc1ccc(Cl)cc1)C(=O)N[C@@H]1CSSC[C@@H](C(=O)N[C@H](Cc2ccc(O)cc2)C(C)=O)NC(=O)[C@H](C)NC(=O)[C@H](CCCCNC)NC(=O)[C@@H](Cc2ccc(C(N)=O)cc2)NC(=O)[C@H](Cc2ccc(O)cc2)NC1=O. The number of amides is 9. The Hall–Kier alpha value is -7.67. The van der Waals surface area contributed by atoms with Crippen molar-refractivity contribution in [2.45, 2.75) is 140 Å². The van der Waals surface area contributed by atoms with Crippen LogP contribution in [0.2, 0.25) is 5.02 Å². The molecule has 0 unspecified atom stereocenters. The number of hydrogen-bond donors (Lipinski definition) is 12. The largest absolute Gasteiger partial charge is 0.508 e. The number of ketones is 1. The van der Waals surface area contributed by atoms with E-state index in [9.17, 15) is 58.2 Å². The van der Waals surface area contributed by atoms with Crippen LogP contribution in [0.4, 0.5) is 0 Å². The lowest BCUT2D eigenvalue weighted by Crippen LogP contribution is -2.61. The highest BCUT2D eigenvalue weighted by molar-refractivity contribution is 8.76. The van der Waals surface area contributed by atoms with Crippen molar-refractivity contribution in [1.29, 1.82) is 0 Å². The standard InChI is InChI=1S/C60H77ClN10O12S2/c1-5-6-7-11-52(75)65-47(30-38-14-22-42(61)23-15-38)56(79)71-51-34-85-84-33-50(59(82)67-46(36(3)72)29-39-16-24-43(73)25-17-39)70-54(77)35(2)64-55(78)45(10-8-9-28-63-4)66-57(80)48(31-37-12-20-41(21-13-37)53(62)76)68-58(81)49(69-60(51)83)32-40-18-26-44(74)27-19-40/h12-27,35,45-51,63,73-74H,5-11,28-34H2,1-4H3,(H2,62,76)(H,64,78)(H,65,75)(H,66,80)(H,67,82)(H,68,81)(H,69,83)(H,70,77)(H,71,79)/t35-,45-,46+,47-,48+,49-,50-,51+/m0/s1. The molecule has 22 nitrogen and oxygen atoms in total. The summed E-state index contributed by atoms with van der Waals surface area (Å²) in [5, 5.41) is 45.5. The van der Waals surface area contributed by atoms with Gasteiger partial charge in [0.25, 0.3) is 0 Å². The van der Waals surface area contributed by atoms with E-state index >= 15 is 0 Å². The number of aromatic hydroxyl groups is 2. The third-order valence-corrected chi connectivity index (χ3v) is 16.6. The van der Waals surface area contributed by atoms with Crippen molar-refractivity contribution in [3.8, 4) is 11.5 Å². The molecule has 4 aromatic carbocycles. The number of nitrogens with two attached hydrogens (primary N) is 1. The van der Waals surface area contributed by atoms with Crippen molar-refractivity contribution in [2.24, 2.45) is 5.73 Å². The highest BCUT2D eigenvalue weighted by atomic mass is 35.5. The second kappa shape index (κ2) is 34.9. The zero-order valence-corrected chi connectivity index (χ0v) is 50.4. The van der Waals surface area contributed by atoms with Gasteiger partial charge in [0.2, 0.25) is 53.2 Å². The number of unbranched alkanes of at least 4 members (excludes halogenated alkanes) is 3. The van der Waals surface area contributed by atoms with Gasteiger partial charge in [0.05, 0.1) is 6.04 Å². The second-order valence-electron chi connectivity index (χ2n) is 20.8. The minimum absolute atomic E-state index is 0.00733. The Labute approximate surface area is 507 Å². The summed E-state index contributed by atoms with van der Waals surface area (Å²) >= 11 is 6.19. The molecule has 0 saturated carbocycles. The average Bonchev–Trinajstić information content (AvgIpc) is 3.67. The molecule has 9 amide bonds. The van der Waals surface area contributed by atoms with E-state index in [2.05, 4.69) is 47.9 Å². The number of primary amides is 1. The van der Waals surface area contributed by atoms with Gasteiger partial charge in [-0.1, -0.05) is 101 Å².